The molecule has 1 fully saturated rings. The van der Waals surface area contributed by atoms with Crippen molar-refractivity contribution in [3.8, 4) is 5.75 Å². The molecular weight excluding hydrogens is 366 g/mol. The van der Waals surface area contributed by atoms with Crippen molar-refractivity contribution in [3.05, 3.63) is 64.9 Å². The molecule has 0 N–H and O–H groups in total. The van der Waals surface area contributed by atoms with Crippen LogP contribution < -0.4 is 4.74 Å². The van der Waals surface area contributed by atoms with Crippen molar-refractivity contribution in [2.45, 2.75) is 11.7 Å². The minimum absolute atomic E-state index is 0.0378. The fourth-order valence-electron chi connectivity index (χ4n) is 2.49. The molecule has 0 aliphatic carbocycles. The molecule has 26 heavy (non-hydrogen) atoms. The molecule has 0 radical (unpaired) electrons. The lowest BCUT2D eigenvalue weighted by Gasteiger charge is -2.12. The number of hydrogen-bond acceptors (Lipinski definition) is 6. The third kappa shape index (κ3) is 4.42. The average Bonchev–Trinajstić information content (AvgIpc) is 3.27. The highest BCUT2D eigenvalue weighted by Crippen LogP contribution is 2.30. The van der Waals surface area contributed by atoms with Crippen LogP contribution in [0.2, 0.25) is 0 Å². The van der Waals surface area contributed by atoms with Crippen LogP contribution in [0.5, 0.6) is 5.75 Å². The van der Waals surface area contributed by atoms with Gasteiger partial charge in [0.2, 0.25) is 5.91 Å². The standard InChI is InChI=1S/C19H19N3O2S2/c1-3-10-22-18(23)17(12-14-6-8-15(24-2)9-7-14)26-19(22)21-20-13-16-5-4-11-25-16/h3-9,11,13,17H,1,10,12H2,2H3/b20-13+,21-19+. The Morgan fingerprint density at radius 2 is 2.12 bits per heavy atom. The summed E-state index contributed by atoms with van der Waals surface area (Å²) in [5.74, 6) is 0.841. The molecule has 0 spiro atoms. The largest absolute Gasteiger partial charge is 0.497 e. The zero-order valence-electron chi connectivity index (χ0n) is 14.4. The van der Waals surface area contributed by atoms with Gasteiger partial charge in [-0.2, -0.15) is 5.10 Å². The first-order chi connectivity index (χ1) is 12.7. The van der Waals surface area contributed by atoms with E-state index in [2.05, 4.69) is 16.8 Å². The number of rotatable bonds is 7. The quantitative estimate of drug-likeness (QED) is 0.414. The van der Waals surface area contributed by atoms with Crippen LogP contribution in [-0.4, -0.2) is 41.1 Å². The van der Waals surface area contributed by atoms with E-state index >= 15 is 0 Å². The maximum atomic E-state index is 12.7. The Kier molecular flexibility index (Phi) is 6.25. The fraction of sp³-hybridized carbons (Fsp3) is 0.211. The third-order valence-electron chi connectivity index (χ3n) is 3.78. The first-order valence-corrected chi connectivity index (χ1v) is 9.83. The maximum absolute atomic E-state index is 12.7. The zero-order valence-corrected chi connectivity index (χ0v) is 16.0. The number of ether oxygens (including phenoxy) is 1. The minimum atomic E-state index is -0.209. The Morgan fingerprint density at radius 1 is 1.31 bits per heavy atom. The van der Waals surface area contributed by atoms with Crippen LogP contribution in [0, 0.1) is 0 Å². The van der Waals surface area contributed by atoms with Gasteiger partial charge in [0.25, 0.3) is 0 Å². The van der Waals surface area contributed by atoms with Gasteiger partial charge in [-0.1, -0.05) is 36.0 Å². The third-order valence-corrected chi connectivity index (χ3v) is 5.76. The molecule has 7 heteroatoms. The number of amidine groups is 1. The number of carbonyl (C=O) groups excluding carboxylic acids is 1. The molecule has 1 aromatic carbocycles. The fourth-order valence-corrected chi connectivity index (χ4v) is 4.21. The summed E-state index contributed by atoms with van der Waals surface area (Å²) in [5.41, 5.74) is 1.08. The predicted molar refractivity (Wildman–Crippen MR) is 109 cm³/mol. The van der Waals surface area contributed by atoms with Crippen LogP contribution >= 0.6 is 23.1 Å². The SMILES string of the molecule is C=CCN1C(=O)C(Cc2ccc(OC)cc2)S/C1=N/N=C/c1cccs1. The van der Waals surface area contributed by atoms with Crippen LogP contribution in [0.3, 0.4) is 0 Å². The molecule has 5 nitrogen and oxygen atoms in total. The molecule has 2 aromatic rings. The highest BCUT2D eigenvalue weighted by molar-refractivity contribution is 8.15. The first kappa shape index (κ1) is 18.4. The van der Waals surface area contributed by atoms with Gasteiger partial charge in [-0.3, -0.25) is 9.69 Å². The summed E-state index contributed by atoms with van der Waals surface area (Å²) < 4.78 is 5.18. The van der Waals surface area contributed by atoms with Crippen molar-refractivity contribution in [1.29, 1.82) is 0 Å². The lowest BCUT2D eigenvalue weighted by molar-refractivity contribution is -0.125. The molecule has 3 rings (SSSR count). The first-order valence-electron chi connectivity index (χ1n) is 8.07. The molecule has 1 aliphatic heterocycles. The molecule has 1 aliphatic rings. The smallest absolute Gasteiger partial charge is 0.242 e. The van der Waals surface area contributed by atoms with Gasteiger partial charge in [-0.05, 0) is 35.6 Å². The van der Waals surface area contributed by atoms with Crippen LogP contribution in [0.15, 0.2) is 64.6 Å². The van der Waals surface area contributed by atoms with Gasteiger partial charge in [0.05, 0.1) is 18.6 Å². The van der Waals surface area contributed by atoms with E-state index in [0.29, 0.717) is 18.1 Å². The molecule has 0 saturated carbocycles. The molecule has 134 valence electrons. The number of benzene rings is 1. The van der Waals surface area contributed by atoms with Gasteiger partial charge in [0.15, 0.2) is 5.17 Å². The van der Waals surface area contributed by atoms with E-state index in [9.17, 15) is 4.79 Å². The Bertz CT molecular complexity index is 814. The molecule has 1 saturated heterocycles. The second kappa shape index (κ2) is 8.82. The van der Waals surface area contributed by atoms with E-state index in [-0.39, 0.29) is 11.2 Å². The van der Waals surface area contributed by atoms with Crippen LogP contribution in [-0.2, 0) is 11.2 Å². The van der Waals surface area contributed by atoms with Crippen LogP contribution in [0.4, 0.5) is 0 Å². The normalized spacial score (nSPS) is 18.8. The molecule has 0 bridgehead atoms. The second-order valence-corrected chi connectivity index (χ2v) is 7.69. The number of amides is 1. The molecule has 1 unspecified atom stereocenters. The van der Waals surface area contributed by atoms with Crippen molar-refractivity contribution in [2.24, 2.45) is 10.2 Å². The highest BCUT2D eigenvalue weighted by atomic mass is 32.2. The summed E-state index contributed by atoms with van der Waals surface area (Å²) in [5, 5.41) is 10.8. The van der Waals surface area contributed by atoms with E-state index in [1.807, 2.05) is 41.8 Å². The Morgan fingerprint density at radius 3 is 2.77 bits per heavy atom. The van der Waals surface area contributed by atoms with Crippen molar-refractivity contribution in [1.82, 2.24) is 4.90 Å². The lowest BCUT2D eigenvalue weighted by Crippen LogP contribution is -2.32. The summed E-state index contributed by atoms with van der Waals surface area (Å²) in [6.07, 6.45) is 4.03. The summed E-state index contributed by atoms with van der Waals surface area (Å²) in [4.78, 5) is 15.4. The van der Waals surface area contributed by atoms with E-state index in [1.54, 1.807) is 35.6 Å². The van der Waals surface area contributed by atoms with Crippen LogP contribution in [0.1, 0.15) is 10.4 Å². The summed E-state index contributed by atoms with van der Waals surface area (Å²) >= 11 is 3.04. The molecule has 1 aromatic heterocycles. The van der Waals surface area contributed by atoms with Crippen molar-refractivity contribution in [3.63, 3.8) is 0 Å². The Hall–Kier alpha value is -2.38. The minimum Gasteiger partial charge on any atom is -0.497 e. The van der Waals surface area contributed by atoms with E-state index in [1.165, 1.54) is 11.8 Å². The van der Waals surface area contributed by atoms with Gasteiger partial charge in [-0.15, -0.1) is 23.0 Å². The Balaban J connectivity index is 1.73. The summed E-state index contributed by atoms with van der Waals surface area (Å²) in [6.45, 7) is 4.16. The van der Waals surface area contributed by atoms with Crippen LogP contribution in [0.25, 0.3) is 0 Å². The summed E-state index contributed by atoms with van der Waals surface area (Å²) in [7, 11) is 1.64. The average molecular weight is 386 g/mol. The Labute approximate surface area is 161 Å². The topological polar surface area (TPSA) is 54.3 Å². The number of carbonyl (C=O) groups is 1. The van der Waals surface area contributed by atoms with E-state index in [0.717, 1.165) is 16.2 Å². The van der Waals surface area contributed by atoms with Crippen molar-refractivity contribution >= 4 is 40.4 Å². The number of thioether (sulfide) groups is 1. The molecule has 2 heterocycles. The van der Waals surface area contributed by atoms with Gasteiger partial charge in [0.1, 0.15) is 5.75 Å². The predicted octanol–water partition coefficient (Wildman–Crippen LogP) is 3.82. The molecule has 1 atom stereocenters. The zero-order chi connectivity index (χ0) is 18.4. The van der Waals surface area contributed by atoms with Gasteiger partial charge < -0.3 is 4.74 Å². The lowest BCUT2D eigenvalue weighted by atomic mass is 10.1. The van der Waals surface area contributed by atoms with Crippen molar-refractivity contribution < 1.29 is 9.53 Å². The monoisotopic (exact) mass is 385 g/mol. The van der Waals surface area contributed by atoms with E-state index < -0.39 is 0 Å². The van der Waals surface area contributed by atoms with Gasteiger partial charge in [-0.25, -0.2) is 0 Å². The second-order valence-electron chi connectivity index (χ2n) is 5.54. The number of nitrogens with zero attached hydrogens (tertiary/aromatic N) is 3. The van der Waals surface area contributed by atoms with Gasteiger partial charge in [0, 0.05) is 11.4 Å². The molecule has 1 amide bonds. The number of thiophene rings is 1. The highest BCUT2D eigenvalue weighted by Gasteiger charge is 2.37. The van der Waals surface area contributed by atoms with E-state index in [4.69, 9.17) is 4.74 Å². The maximum Gasteiger partial charge on any atom is 0.242 e. The van der Waals surface area contributed by atoms with Gasteiger partial charge >= 0.3 is 0 Å². The molecular formula is C19H19N3O2S2. The summed E-state index contributed by atoms with van der Waals surface area (Å²) in [6, 6.07) is 11.7. The number of hydrogen-bond donors (Lipinski definition) is 0. The number of methoxy groups -OCH3 is 1. The van der Waals surface area contributed by atoms with Crippen molar-refractivity contribution in [2.75, 3.05) is 13.7 Å².